The topological polar surface area (TPSA) is 22.0 Å². The third-order valence-corrected chi connectivity index (χ3v) is 3.48. The maximum Gasteiger partial charge on any atom is 0.195 e. The molecule has 0 saturated heterocycles. The second kappa shape index (κ2) is 4.60. The zero-order valence-corrected chi connectivity index (χ0v) is 11.4. The first kappa shape index (κ1) is 12.6. The molecule has 100 valence electrons. The van der Waals surface area contributed by atoms with E-state index in [2.05, 4.69) is 0 Å². The van der Waals surface area contributed by atoms with E-state index < -0.39 is 5.82 Å². The molecule has 3 rings (SSSR count). The highest BCUT2D eigenvalue weighted by Crippen LogP contribution is 2.24. The molecule has 0 fully saturated rings. The van der Waals surface area contributed by atoms with Crippen LogP contribution in [0, 0.1) is 12.7 Å². The summed E-state index contributed by atoms with van der Waals surface area (Å²) in [4.78, 5) is 12.5. The van der Waals surface area contributed by atoms with Gasteiger partial charge in [0.05, 0.1) is 0 Å². The van der Waals surface area contributed by atoms with Crippen LogP contribution in [-0.2, 0) is 7.05 Å². The van der Waals surface area contributed by atoms with Gasteiger partial charge in [0, 0.05) is 35.3 Å². The van der Waals surface area contributed by atoms with Crippen LogP contribution in [0.3, 0.4) is 0 Å². The van der Waals surface area contributed by atoms with Crippen LogP contribution < -0.4 is 0 Å². The lowest BCUT2D eigenvalue weighted by atomic mass is 10.0. The number of ketones is 1. The molecular weight excluding hydrogens is 253 g/mol. The van der Waals surface area contributed by atoms with E-state index in [1.807, 2.05) is 36.7 Å². The summed E-state index contributed by atoms with van der Waals surface area (Å²) in [5.74, 6) is -0.550. The summed E-state index contributed by atoms with van der Waals surface area (Å²) in [5.41, 5.74) is 3.12. The zero-order chi connectivity index (χ0) is 14.3. The predicted octanol–water partition coefficient (Wildman–Crippen LogP) is 3.86. The lowest BCUT2D eigenvalue weighted by molar-refractivity contribution is 0.103. The van der Waals surface area contributed by atoms with Crippen molar-refractivity contribution in [2.75, 3.05) is 0 Å². The second-order valence-electron chi connectivity index (χ2n) is 5.01. The number of rotatable bonds is 2. The molecule has 0 atom stereocenters. The maximum atomic E-state index is 13.3. The Kier molecular flexibility index (Phi) is 2.90. The smallest absolute Gasteiger partial charge is 0.195 e. The Morgan fingerprint density at radius 2 is 1.95 bits per heavy atom. The van der Waals surface area contributed by atoms with Crippen LogP contribution in [0.1, 0.15) is 21.5 Å². The number of nitrogens with zero attached hydrogens (tertiary/aromatic N) is 1. The van der Waals surface area contributed by atoms with Crippen LogP contribution in [0.25, 0.3) is 10.9 Å². The van der Waals surface area contributed by atoms with Crippen molar-refractivity contribution in [3.8, 4) is 0 Å². The molecule has 2 nitrogen and oxygen atoms in total. The van der Waals surface area contributed by atoms with Crippen molar-refractivity contribution in [2.45, 2.75) is 6.92 Å². The number of carbonyl (C=O) groups excluding carboxylic acids is 1. The molecule has 3 heteroatoms. The molecule has 3 aromatic rings. The van der Waals surface area contributed by atoms with Gasteiger partial charge in [-0.05, 0) is 30.7 Å². The first-order chi connectivity index (χ1) is 9.56. The van der Waals surface area contributed by atoms with Crippen LogP contribution in [-0.4, -0.2) is 10.4 Å². The molecule has 0 bridgehead atoms. The van der Waals surface area contributed by atoms with Gasteiger partial charge < -0.3 is 4.57 Å². The van der Waals surface area contributed by atoms with Crippen molar-refractivity contribution < 1.29 is 9.18 Å². The van der Waals surface area contributed by atoms with Gasteiger partial charge in [0.25, 0.3) is 0 Å². The average Bonchev–Trinajstić information content (AvgIpc) is 2.75. The molecule has 0 aliphatic rings. The van der Waals surface area contributed by atoms with Gasteiger partial charge in [0.15, 0.2) is 5.78 Å². The van der Waals surface area contributed by atoms with Gasteiger partial charge in [0.1, 0.15) is 5.82 Å². The van der Waals surface area contributed by atoms with Gasteiger partial charge in [-0.15, -0.1) is 0 Å². The van der Waals surface area contributed by atoms with E-state index in [9.17, 15) is 9.18 Å². The molecule has 0 N–H and O–H groups in total. The van der Waals surface area contributed by atoms with E-state index >= 15 is 0 Å². The molecule has 0 spiro atoms. The quantitative estimate of drug-likeness (QED) is 0.646. The number of carbonyl (C=O) groups is 1. The van der Waals surface area contributed by atoms with Gasteiger partial charge in [-0.1, -0.05) is 24.3 Å². The third-order valence-electron chi connectivity index (χ3n) is 3.48. The third kappa shape index (κ3) is 2.01. The molecule has 1 aromatic heterocycles. The number of hydrogen-bond acceptors (Lipinski definition) is 1. The van der Waals surface area contributed by atoms with Crippen LogP contribution in [0.4, 0.5) is 4.39 Å². The lowest BCUT2D eigenvalue weighted by Gasteiger charge is -2.00. The minimum atomic E-state index is -0.396. The second-order valence-corrected chi connectivity index (χ2v) is 5.01. The largest absolute Gasteiger partial charge is 0.350 e. The Morgan fingerprint density at radius 1 is 1.15 bits per heavy atom. The minimum absolute atomic E-state index is 0.154. The number of hydrogen-bond donors (Lipinski definition) is 0. The predicted molar refractivity (Wildman–Crippen MR) is 77.5 cm³/mol. The van der Waals surface area contributed by atoms with E-state index in [-0.39, 0.29) is 5.78 Å². The van der Waals surface area contributed by atoms with Crippen LogP contribution in [0.15, 0.2) is 48.7 Å². The van der Waals surface area contributed by atoms with E-state index in [1.165, 1.54) is 12.1 Å². The Bertz CT molecular complexity index is 817. The normalized spacial score (nSPS) is 10.9. The molecule has 0 saturated carbocycles. The molecule has 0 aliphatic carbocycles. The highest BCUT2D eigenvalue weighted by atomic mass is 19.1. The maximum absolute atomic E-state index is 13.3. The van der Waals surface area contributed by atoms with Crippen molar-refractivity contribution >= 4 is 16.7 Å². The summed E-state index contributed by atoms with van der Waals surface area (Å²) in [6.07, 6.45) is 1.80. The summed E-state index contributed by atoms with van der Waals surface area (Å²) in [6, 6.07) is 11.8. The SMILES string of the molecule is Cc1ccc2c(C(=O)c3cccc(F)c3)cn(C)c2c1. The monoisotopic (exact) mass is 267 g/mol. The number of benzene rings is 2. The standard InChI is InChI=1S/C17H14FNO/c1-11-6-7-14-15(10-19(2)16(14)8-11)17(20)12-4-3-5-13(18)9-12/h3-10H,1-2H3. The van der Waals surface area contributed by atoms with Crippen LogP contribution >= 0.6 is 0 Å². The summed E-state index contributed by atoms with van der Waals surface area (Å²) in [5, 5.41) is 0.896. The van der Waals surface area contributed by atoms with Gasteiger partial charge in [0.2, 0.25) is 0 Å². The Hall–Kier alpha value is -2.42. The van der Waals surface area contributed by atoms with E-state index in [1.54, 1.807) is 18.3 Å². The average molecular weight is 267 g/mol. The van der Waals surface area contributed by atoms with Gasteiger partial charge in [-0.25, -0.2) is 4.39 Å². The molecule has 20 heavy (non-hydrogen) atoms. The minimum Gasteiger partial charge on any atom is -0.350 e. The zero-order valence-electron chi connectivity index (χ0n) is 11.4. The number of aryl methyl sites for hydroxylation is 2. The first-order valence-electron chi connectivity index (χ1n) is 6.42. The Balaban J connectivity index is 2.17. The molecule has 1 heterocycles. The Morgan fingerprint density at radius 3 is 2.70 bits per heavy atom. The van der Waals surface area contributed by atoms with Crippen molar-refractivity contribution in [3.05, 3.63) is 71.2 Å². The molecule has 0 amide bonds. The molecule has 0 unspecified atom stereocenters. The van der Waals surface area contributed by atoms with Crippen molar-refractivity contribution in [2.24, 2.45) is 7.05 Å². The van der Waals surface area contributed by atoms with Crippen LogP contribution in [0.2, 0.25) is 0 Å². The summed E-state index contributed by atoms with van der Waals surface area (Å²) >= 11 is 0. The fourth-order valence-corrected chi connectivity index (χ4v) is 2.46. The van der Waals surface area contributed by atoms with Crippen molar-refractivity contribution in [3.63, 3.8) is 0 Å². The molecule has 2 aromatic carbocycles. The summed E-state index contributed by atoms with van der Waals surface area (Å²) < 4.78 is 15.2. The van der Waals surface area contributed by atoms with Crippen LogP contribution in [0.5, 0.6) is 0 Å². The van der Waals surface area contributed by atoms with Gasteiger partial charge in [-0.2, -0.15) is 0 Å². The summed E-state index contributed by atoms with van der Waals surface area (Å²) in [6.45, 7) is 2.01. The highest BCUT2D eigenvalue weighted by Gasteiger charge is 2.16. The van der Waals surface area contributed by atoms with E-state index in [0.29, 0.717) is 11.1 Å². The van der Waals surface area contributed by atoms with Gasteiger partial charge in [-0.3, -0.25) is 4.79 Å². The molecule has 0 radical (unpaired) electrons. The number of halogens is 1. The van der Waals surface area contributed by atoms with Crippen molar-refractivity contribution in [1.82, 2.24) is 4.57 Å². The summed E-state index contributed by atoms with van der Waals surface area (Å²) in [7, 11) is 1.91. The molecular formula is C17H14FNO. The number of aromatic nitrogens is 1. The van der Waals surface area contributed by atoms with E-state index in [0.717, 1.165) is 16.5 Å². The van der Waals surface area contributed by atoms with E-state index in [4.69, 9.17) is 0 Å². The lowest BCUT2D eigenvalue weighted by Crippen LogP contribution is -2.00. The Labute approximate surface area is 116 Å². The highest BCUT2D eigenvalue weighted by molar-refractivity contribution is 6.16. The van der Waals surface area contributed by atoms with Crippen molar-refractivity contribution in [1.29, 1.82) is 0 Å². The number of fused-ring (bicyclic) bond motifs is 1. The first-order valence-corrected chi connectivity index (χ1v) is 6.42. The fourth-order valence-electron chi connectivity index (χ4n) is 2.46. The fraction of sp³-hybridized carbons (Fsp3) is 0.118. The van der Waals surface area contributed by atoms with Gasteiger partial charge >= 0.3 is 0 Å². The molecule has 0 aliphatic heterocycles.